The van der Waals surface area contributed by atoms with Gasteiger partial charge < -0.3 is 5.32 Å². The second-order valence-corrected chi connectivity index (χ2v) is 5.34. The first-order valence-corrected chi connectivity index (χ1v) is 6.24. The lowest BCUT2D eigenvalue weighted by molar-refractivity contribution is -0.120. The number of aromatic nitrogens is 1. The Morgan fingerprint density at radius 2 is 2.29 bits per heavy atom. The van der Waals surface area contributed by atoms with Crippen molar-refractivity contribution in [1.29, 1.82) is 0 Å². The maximum absolute atomic E-state index is 11.5. The zero-order valence-electron chi connectivity index (χ0n) is 10.8. The fourth-order valence-corrected chi connectivity index (χ4v) is 2.53. The van der Waals surface area contributed by atoms with Gasteiger partial charge in [0, 0.05) is 24.4 Å². The lowest BCUT2D eigenvalue weighted by Crippen LogP contribution is -2.48. The molecular formula is C14H20N2O. The molecule has 1 N–H and O–H groups in total. The molecule has 0 saturated carbocycles. The second kappa shape index (κ2) is 4.47. The first kappa shape index (κ1) is 12.1. The largest absolute Gasteiger partial charge is 0.350 e. The third kappa shape index (κ3) is 2.33. The van der Waals surface area contributed by atoms with Crippen molar-refractivity contribution in [2.75, 3.05) is 0 Å². The molecule has 1 aromatic heterocycles. The third-order valence-electron chi connectivity index (χ3n) is 3.95. The molecule has 1 aromatic rings. The van der Waals surface area contributed by atoms with Crippen LogP contribution in [-0.2, 0) is 11.2 Å². The first-order valence-electron chi connectivity index (χ1n) is 6.24. The van der Waals surface area contributed by atoms with Gasteiger partial charge in [0.25, 0.3) is 0 Å². The van der Waals surface area contributed by atoms with Crippen LogP contribution in [0.1, 0.15) is 37.8 Å². The summed E-state index contributed by atoms with van der Waals surface area (Å²) >= 11 is 0. The van der Waals surface area contributed by atoms with Gasteiger partial charge in [0.05, 0.1) is 0 Å². The van der Waals surface area contributed by atoms with Gasteiger partial charge in [0.1, 0.15) is 0 Å². The van der Waals surface area contributed by atoms with Gasteiger partial charge in [-0.15, -0.1) is 0 Å². The number of carbonyl (C=O) groups is 1. The van der Waals surface area contributed by atoms with Crippen LogP contribution in [0, 0.1) is 12.8 Å². The summed E-state index contributed by atoms with van der Waals surface area (Å²) < 4.78 is 0. The van der Waals surface area contributed by atoms with Crippen molar-refractivity contribution in [2.45, 2.75) is 45.6 Å². The maximum atomic E-state index is 11.5. The van der Waals surface area contributed by atoms with E-state index < -0.39 is 0 Å². The van der Waals surface area contributed by atoms with Crippen LogP contribution in [0.5, 0.6) is 0 Å². The highest BCUT2D eigenvalue weighted by Gasteiger charge is 2.40. The first-order chi connectivity index (χ1) is 8.03. The van der Waals surface area contributed by atoms with Crippen LogP contribution in [0.25, 0.3) is 0 Å². The normalized spacial score (nSPS) is 24.1. The number of pyridine rings is 1. The Kier molecular flexibility index (Phi) is 3.18. The second-order valence-electron chi connectivity index (χ2n) is 5.34. The van der Waals surface area contributed by atoms with Crippen LogP contribution in [0.15, 0.2) is 18.5 Å². The van der Waals surface area contributed by atoms with Gasteiger partial charge in [0.2, 0.25) is 5.91 Å². The minimum absolute atomic E-state index is 0.0785. The summed E-state index contributed by atoms with van der Waals surface area (Å²) in [6.07, 6.45) is 6.20. The van der Waals surface area contributed by atoms with E-state index in [1.807, 2.05) is 18.5 Å². The highest BCUT2D eigenvalue weighted by atomic mass is 16.2. The Balaban J connectivity index is 2.25. The van der Waals surface area contributed by atoms with E-state index >= 15 is 0 Å². The van der Waals surface area contributed by atoms with Crippen molar-refractivity contribution in [2.24, 2.45) is 5.92 Å². The van der Waals surface area contributed by atoms with E-state index in [0.717, 1.165) is 12.8 Å². The highest BCUT2D eigenvalue weighted by molar-refractivity contribution is 5.79. The van der Waals surface area contributed by atoms with Gasteiger partial charge in [-0.25, -0.2) is 0 Å². The zero-order valence-corrected chi connectivity index (χ0v) is 10.8. The zero-order chi connectivity index (χ0) is 12.5. The highest BCUT2D eigenvalue weighted by Crippen LogP contribution is 2.32. The summed E-state index contributed by atoms with van der Waals surface area (Å²) in [6, 6.07) is 2.03. The molecule has 1 fully saturated rings. The fraction of sp³-hybridized carbons (Fsp3) is 0.571. The molecule has 1 atom stereocenters. The number of carbonyl (C=O) groups excluding carboxylic acids is 1. The van der Waals surface area contributed by atoms with Crippen molar-refractivity contribution in [3.05, 3.63) is 29.6 Å². The van der Waals surface area contributed by atoms with E-state index in [4.69, 9.17) is 0 Å². The van der Waals surface area contributed by atoms with Gasteiger partial charge in [0.15, 0.2) is 0 Å². The van der Waals surface area contributed by atoms with E-state index in [2.05, 4.69) is 31.1 Å². The lowest BCUT2D eigenvalue weighted by Gasteiger charge is -2.34. The number of hydrogen-bond donors (Lipinski definition) is 1. The SMILES string of the molecule is Cc1ccncc1CC1(C(C)C)CCC(=O)N1. The van der Waals surface area contributed by atoms with Crippen molar-refractivity contribution in [3.8, 4) is 0 Å². The minimum Gasteiger partial charge on any atom is -0.350 e. The Bertz CT molecular complexity index is 428. The molecule has 1 aliphatic rings. The van der Waals surface area contributed by atoms with Gasteiger partial charge in [-0.3, -0.25) is 9.78 Å². The van der Waals surface area contributed by atoms with Crippen LogP contribution in [0.3, 0.4) is 0 Å². The molecule has 3 heteroatoms. The molecule has 1 aliphatic heterocycles. The molecule has 2 rings (SSSR count). The Hall–Kier alpha value is -1.38. The molecule has 0 bridgehead atoms. The van der Waals surface area contributed by atoms with E-state index in [0.29, 0.717) is 12.3 Å². The van der Waals surface area contributed by atoms with Crippen LogP contribution in [0.4, 0.5) is 0 Å². The summed E-state index contributed by atoms with van der Waals surface area (Å²) in [6.45, 7) is 6.45. The molecule has 0 aromatic carbocycles. The minimum atomic E-state index is -0.0785. The number of nitrogens with one attached hydrogen (secondary N) is 1. The van der Waals surface area contributed by atoms with E-state index in [-0.39, 0.29) is 11.4 Å². The topological polar surface area (TPSA) is 42.0 Å². The van der Waals surface area contributed by atoms with E-state index in [9.17, 15) is 4.79 Å². The molecule has 1 saturated heterocycles. The Morgan fingerprint density at radius 1 is 1.53 bits per heavy atom. The summed E-state index contributed by atoms with van der Waals surface area (Å²) in [7, 11) is 0. The summed E-state index contributed by atoms with van der Waals surface area (Å²) in [5.74, 6) is 0.619. The van der Waals surface area contributed by atoms with Gasteiger partial charge in [-0.1, -0.05) is 13.8 Å². The number of hydrogen-bond acceptors (Lipinski definition) is 2. The average molecular weight is 232 g/mol. The van der Waals surface area contributed by atoms with E-state index in [1.54, 1.807) is 0 Å². The Labute approximate surface area is 103 Å². The average Bonchev–Trinajstić information content (AvgIpc) is 2.65. The molecule has 3 nitrogen and oxygen atoms in total. The predicted molar refractivity (Wildman–Crippen MR) is 67.6 cm³/mol. The third-order valence-corrected chi connectivity index (χ3v) is 3.95. The lowest BCUT2D eigenvalue weighted by atomic mass is 9.79. The number of nitrogens with zero attached hydrogens (tertiary/aromatic N) is 1. The molecule has 0 spiro atoms. The summed E-state index contributed by atoms with van der Waals surface area (Å²) in [5, 5.41) is 3.18. The summed E-state index contributed by atoms with van der Waals surface area (Å²) in [5.41, 5.74) is 2.41. The maximum Gasteiger partial charge on any atom is 0.220 e. The van der Waals surface area contributed by atoms with Crippen molar-refractivity contribution in [3.63, 3.8) is 0 Å². The van der Waals surface area contributed by atoms with Crippen molar-refractivity contribution >= 4 is 5.91 Å². The summed E-state index contributed by atoms with van der Waals surface area (Å²) in [4.78, 5) is 15.7. The number of aryl methyl sites for hydroxylation is 1. The van der Waals surface area contributed by atoms with Crippen LogP contribution < -0.4 is 5.32 Å². The molecule has 1 unspecified atom stereocenters. The molecule has 0 aliphatic carbocycles. The molecular weight excluding hydrogens is 212 g/mol. The van der Waals surface area contributed by atoms with Gasteiger partial charge >= 0.3 is 0 Å². The van der Waals surface area contributed by atoms with Crippen molar-refractivity contribution in [1.82, 2.24) is 10.3 Å². The quantitative estimate of drug-likeness (QED) is 0.868. The molecule has 17 heavy (non-hydrogen) atoms. The smallest absolute Gasteiger partial charge is 0.220 e. The molecule has 1 amide bonds. The monoisotopic (exact) mass is 232 g/mol. The van der Waals surface area contributed by atoms with Gasteiger partial charge in [-0.2, -0.15) is 0 Å². The van der Waals surface area contributed by atoms with Crippen LogP contribution in [-0.4, -0.2) is 16.4 Å². The molecule has 2 heterocycles. The van der Waals surface area contributed by atoms with E-state index in [1.165, 1.54) is 11.1 Å². The number of rotatable bonds is 3. The molecule has 0 radical (unpaired) electrons. The van der Waals surface area contributed by atoms with Crippen LogP contribution >= 0.6 is 0 Å². The number of amides is 1. The Morgan fingerprint density at radius 3 is 2.82 bits per heavy atom. The predicted octanol–water partition coefficient (Wildman–Crippen LogP) is 2.24. The molecule has 92 valence electrons. The fourth-order valence-electron chi connectivity index (χ4n) is 2.53. The van der Waals surface area contributed by atoms with Gasteiger partial charge in [-0.05, 0) is 42.9 Å². The van der Waals surface area contributed by atoms with Crippen LogP contribution in [0.2, 0.25) is 0 Å². The van der Waals surface area contributed by atoms with Crippen molar-refractivity contribution < 1.29 is 4.79 Å². The standard InChI is InChI=1S/C14H20N2O/c1-10(2)14(6-4-13(17)16-14)8-12-9-15-7-5-11(12)3/h5,7,9-10H,4,6,8H2,1-3H3,(H,16,17).